The van der Waals surface area contributed by atoms with E-state index in [1.165, 1.54) is 0 Å². The molecule has 3 rings (SSSR count). The molecule has 0 atom stereocenters. The summed E-state index contributed by atoms with van der Waals surface area (Å²) in [5.74, 6) is -0.576. The van der Waals surface area contributed by atoms with Crippen LogP contribution in [0.4, 0.5) is 11.4 Å². The smallest absolute Gasteiger partial charge is 0.338 e. The Kier molecular flexibility index (Phi) is 4.19. The second-order valence-corrected chi connectivity index (χ2v) is 5.10. The summed E-state index contributed by atoms with van der Waals surface area (Å²) in [5, 5.41) is 2.80. The Labute approximate surface area is 134 Å². The van der Waals surface area contributed by atoms with Gasteiger partial charge in [-0.3, -0.25) is 9.79 Å². The molecule has 2 aromatic rings. The summed E-state index contributed by atoms with van der Waals surface area (Å²) in [5.41, 5.74) is 3.15. The highest BCUT2D eigenvalue weighted by Gasteiger charge is 2.18. The van der Waals surface area contributed by atoms with Crippen LogP contribution in [-0.2, 0) is 9.53 Å². The molecule has 0 aromatic heterocycles. The highest BCUT2D eigenvalue weighted by molar-refractivity contribution is 6.17. The normalized spacial score (nSPS) is 13.4. The van der Waals surface area contributed by atoms with Gasteiger partial charge >= 0.3 is 5.97 Å². The summed E-state index contributed by atoms with van der Waals surface area (Å²) in [4.78, 5) is 28.5. The van der Waals surface area contributed by atoms with E-state index < -0.39 is 5.97 Å². The number of esters is 1. The van der Waals surface area contributed by atoms with Crippen LogP contribution in [0, 0.1) is 0 Å². The molecule has 0 aliphatic carbocycles. The molecule has 0 fully saturated rings. The quantitative estimate of drug-likeness (QED) is 0.884. The molecule has 0 saturated carbocycles. The van der Waals surface area contributed by atoms with E-state index in [0.29, 0.717) is 29.3 Å². The molecule has 0 spiro atoms. The predicted octanol–water partition coefficient (Wildman–Crippen LogP) is 3.33. The number of carbonyl (C=O) groups excluding carboxylic acids is 2. The van der Waals surface area contributed by atoms with Gasteiger partial charge in [-0.25, -0.2) is 4.79 Å². The standard InChI is InChI=1S/C18H16N2O3/c1-2-23-18(22)13-8-9-14-16(10-13)20-17(21)11-15(19-14)12-6-4-3-5-7-12/h3-10H,2,11H2,1H3,(H,20,21). The maximum Gasteiger partial charge on any atom is 0.338 e. The molecule has 0 saturated heterocycles. The lowest BCUT2D eigenvalue weighted by atomic mass is 10.1. The number of rotatable bonds is 3. The number of carbonyl (C=O) groups is 2. The minimum absolute atomic E-state index is 0.160. The highest BCUT2D eigenvalue weighted by Crippen LogP contribution is 2.30. The van der Waals surface area contributed by atoms with Crippen molar-refractivity contribution in [3.63, 3.8) is 0 Å². The van der Waals surface area contributed by atoms with Crippen molar-refractivity contribution in [3.05, 3.63) is 59.7 Å². The maximum absolute atomic E-state index is 12.1. The van der Waals surface area contributed by atoms with Crippen molar-refractivity contribution in [2.75, 3.05) is 11.9 Å². The van der Waals surface area contributed by atoms with E-state index >= 15 is 0 Å². The fourth-order valence-corrected chi connectivity index (χ4v) is 2.40. The van der Waals surface area contributed by atoms with Gasteiger partial charge in [0.15, 0.2) is 0 Å². The van der Waals surface area contributed by atoms with E-state index in [1.807, 2.05) is 30.3 Å². The van der Waals surface area contributed by atoms with Gasteiger partial charge in [0, 0.05) is 0 Å². The molecular formula is C18H16N2O3. The van der Waals surface area contributed by atoms with Crippen molar-refractivity contribution < 1.29 is 14.3 Å². The van der Waals surface area contributed by atoms with Gasteiger partial charge in [-0.1, -0.05) is 30.3 Å². The molecule has 1 N–H and O–H groups in total. The fraction of sp³-hybridized carbons (Fsp3) is 0.167. The number of hydrogen-bond acceptors (Lipinski definition) is 4. The summed E-state index contributed by atoms with van der Waals surface area (Å²) in [6, 6.07) is 14.5. The summed E-state index contributed by atoms with van der Waals surface area (Å²) in [6.07, 6.45) is 0.188. The molecule has 116 valence electrons. The Hall–Kier alpha value is -2.95. The van der Waals surface area contributed by atoms with Gasteiger partial charge in [-0.15, -0.1) is 0 Å². The zero-order valence-corrected chi connectivity index (χ0v) is 12.7. The predicted molar refractivity (Wildman–Crippen MR) is 88.3 cm³/mol. The molecular weight excluding hydrogens is 292 g/mol. The molecule has 1 heterocycles. The van der Waals surface area contributed by atoms with E-state index in [0.717, 1.165) is 5.56 Å². The van der Waals surface area contributed by atoms with Crippen molar-refractivity contribution in [2.24, 2.45) is 4.99 Å². The molecule has 5 heteroatoms. The van der Waals surface area contributed by atoms with E-state index in [1.54, 1.807) is 25.1 Å². The van der Waals surface area contributed by atoms with Gasteiger partial charge in [0.05, 0.1) is 35.7 Å². The van der Waals surface area contributed by atoms with Crippen molar-refractivity contribution in [1.82, 2.24) is 0 Å². The van der Waals surface area contributed by atoms with E-state index in [9.17, 15) is 9.59 Å². The lowest BCUT2D eigenvalue weighted by molar-refractivity contribution is -0.115. The Morgan fingerprint density at radius 2 is 2.00 bits per heavy atom. The third-order valence-electron chi connectivity index (χ3n) is 3.47. The number of nitrogens with zero attached hydrogens (tertiary/aromatic N) is 1. The minimum Gasteiger partial charge on any atom is -0.462 e. The second kappa shape index (κ2) is 6.44. The van der Waals surface area contributed by atoms with Crippen LogP contribution in [0.2, 0.25) is 0 Å². The molecule has 0 unspecified atom stereocenters. The third-order valence-corrected chi connectivity index (χ3v) is 3.47. The Balaban J connectivity index is 2.01. The van der Waals surface area contributed by atoms with Crippen LogP contribution in [0.5, 0.6) is 0 Å². The van der Waals surface area contributed by atoms with Gasteiger partial charge in [0.25, 0.3) is 0 Å². The Morgan fingerprint density at radius 3 is 2.74 bits per heavy atom. The Morgan fingerprint density at radius 1 is 1.22 bits per heavy atom. The lowest BCUT2D eigenvalue weighted by Crippen LogP contribution is -2.15. The molecule has 0 bridgehead atoms. The van der Waals surface area contributed by atoms with Crippen LogP contribution >= 0.6 is 0 Å². The number of hydrogen-bond donors (Lipinski definition) is 1. The van der Waals surface area contributed by atoms with Gasteiger partial charge in [0.1, 0.15) is 0 Å². The van der Waals surface area contributed by atoms with Gasteiger partial charge in [-0.05, 0) is 30.7 Å². The molecule has 1 amide bonds. The number of anilines is 1. The van der Waals surface area contributed by atoms with Crippen LogP contribution in [-0.4, -0.2) is 24.2 Å². The topological polar surface area (TPSA) is 67.8 Å². The monoisotopic (exact) mass is 308 g/mol. The van der Waals surface area contributed by atoms with Gasteiger partial charge in [0.2, 0.25) is 5.91 Å². The van der Waals surface area contributed by atoms with Crippen molar-refractivity contribution >= 4 is 29.0 Å². The number of ether oxygens (including phenoxy) is 1. The Bertz CT molecular complexity index is 782. The van der Waals surface area contributed by atoms with E-state index in [2.05, 4.69) is 10.3 Å². The van der Waals surface area contributed by atoms with Crippen LogP contribution in [0.3, 0.4) is 0 Å². The zero-order chi connectivity index (χ0) is 16.2. The highest BCUT2D eigenvalue weighted by atomic mass is 16.5. The number of amides is 1. The van der Waals surface area contributed by atoms with Crippen molar-refractivity contribution in [3.8, 4) is 0 Å². The van der Waals surface area contributed by atoms with Gasteiger partial charge in [-0.2, -0.15) is 0 Å². The van der Waals surface area contributed by atoms with Crippen molar-refractivity contribution in [1.29, 1.82) is 0 Å². The first-order valence-corrected chi connectivity index (χ1v) is 7.41. The summed E-state index contributed by atoms with van der Waals surface area (Å²) < 4.78 is 4.98. The maximum atomic E-state index is 12.1. The van der Waals surface area contributed by atoms with E-state index in [-0.39, 0.29) is 12.3 Å². The average Bonchev–Trinajstić information content (AvgIpc) is 2.73. The van der Waals surface area contributed by atoms with Crippen LogP contribution in [0.1, 0.15) is 29.3 Å². The van der Waals surface area contributed by atoms with Crippen LogP contribution < -0.4 is 5.32 Å². The molecule has 5 nitrogen and oxygen atoms in total. The number of benzene rings is 2. The molecule has 0 radical (unpaired) electrons. The van der Waals surface area contributed by atoms with Crippen LogP contribution in [0.15, 0.2) is 53.5 Å². The van der Waals surface area contributed by atoms with Crippen molar-refractivity contribution in [2.45, 2.75) is 13.3 Å². The summed E-state index contributed by atoms with van der Waals surface area (Å²) >= 11 is 0. The largest absolute Gasteiger partial charge is 0.462 e. The van der Waals surface area contributed by atoms with Crippen LogP contribution in [0.25, 0.3) is 0 Å². The van der Waals surface area contributed by atoms with Gasteiger partial charge < -0.3 is 10.1 Å². The number of fused-ring (bicyclic) bond motifs is 1. The minimum atomic E-state index is -0.416. The molecule has 1 aliphatic heterocycles. The first-order chi connectivity index (χ1) is 11.2. The third kappa shape index (κ3) is 3.29. The molecule has 23 heavy (non-hydrogen) atoms. The SMILES string of the molecule is CCOC(=O)c1ccc2c(c1)NC(=O)CC(c1ccccc1)=N2. The molecule has 1 aliphatic rings. The first kappa shape index (κ1) is 15.0. The fourth-order valence-electron chi connectivity index (χ4n) is 2.40. The average molecular weight is 308 g/mol. The summed E-state index contributed by atoms with van der Waals surface area (Å²) in [7, 11) is 0. The first-order valence-electron chi connectivity index (χ1n) is 7.41. The van der Waals surface area contributed by atoms with E-state index in [4.69, 9.17) is 4.74 Å². The molecule has 2 aromatic carbocycles. The zero-order valence-electron chi connectivity index (χ0n) is 12.7. The number of aliphatic imine (C=N–C) groups is 1. The summed E-state index contributed by atoms with van der Waals surface area (Å²) in [6.45, 7) is 2.05. The number of nitrogens with one attached hydrogen (secondary N) is 1. The second-order valence-electron chi connectivity index (χ2n) is 5.10. The lowest BCUT2D eigenvalue weighted by Gasteiger charge is -2.07.